The Hall–Kier alpha value is -1.96. The molecule has 0 aliphatic carbocycles. The van der Waals surface area contributed by atoms with Crippen LogP contribution in [0.15, 0.2) is 6.07 Å². The first-order valence-electron chi connectivity index (χ1n) is 3.68. The van der Waals surface area contributed by atoms with E-state index in [1.165, 1.54) is 0 Å². The van der Waals surface area contributed by atoms with Crippen molar-refractivity contribution in [1.29, 1.82) is 0 Å². The van der Waals surface area contributed by atoms with Crippen molar-refractivity contribution in [3.63, 3.8) is 0 Å². The molecule has 8 heteroatoms. The second kappa shape index (κ2) is 3.83. The Labute approximate surface area is 77.9 Å². The van der Waals surface area contributed by atoms with Crippen molar-refractivity contribution < 1.29 is 14.8 Å². The number of nitrogens with zero attached hydrogens (tertiary/aromatic N) is 2. The summed E-state index contributed by atoms with van der Waals surface area (Å²) in [5.41, 5.74) is 5.25. The molecule has 0 fully saturated rings. The van der Waals surface area contributed by atoms with Gasteiger partial charge >= 0.3 is 11.8 Å². The van der Waals surface area contributed by atoms with Crippen LogP contribution in [-0.2, 0) is 4.79 Å². The molecule has 0 radical (unpaired) electrons. The molecule has 1 unspecified atom stereocenters. The summed E-state index contributed by atoms with van der Waals surface area (Å²) in [6.07, 6.45) is 0. The Morgan fingerprint density at radius 3 is 2.86 bits per heavy atom. The van der Waals surface area contributed by atoms with Gasteiger partial charge in [0.05, 0.1) is 6.07 Å². The number of rotatable bonds is 4. The van der Waals surface area contributed by atoms with Gasteiger partial charge in [0.25, 0.3) is 0 Å². The molecule has 0 saturated carbocycles. The molecular weight excluding hydrogens is 192 g/mol. The monoisotopic (exact) mass is 200 g/mol. The highest BCUT2D eigenvalue weighted by atomic mass is 16.6. The SMILES string of the molecule is NCC(C(=O)O)c1cc([N+](=O)[O-])[nH]n1. The van der Waals surface area contributed by atoms with Gasteiger partial charge < -0.3 is 21.0 Å². The fourth-order valence-electron chi connectivity index (χ4n) is 0.947. The molecule has 0 amide bonds. The van der Waals surface area contributed by atoms with E-state index < -0.39 is 16.8 Å². The predicted molar refractivity (Wildman–Crippen MR) is 44.7 cm³/mol. The second-order valence-electron chi connectivity index (χ2n) is 2.56. The number of hydrogen-bond donors (Lipinski definition) is 3. The lowest BCUT2D eigenvalue weighted by Gasteiger charge is -2.02. The lowest BCUT2D eigenvalue weighted by Crippen LogP contribution is -2.21. The molecule has 1 heterocycles. The highest BCUT2D eigenvalue weighted by Gasteiger charge is 2.23. The highest BCUT2D eigenvalue weighted by Crippen LogP contribution is 2.16. The molecule has 1 atom stereocenters. The Morgan fingerprint density at radius 1 is 1.86 bits per heavy atom. The molecule has 0 aromatic carbocycles. The molecule has 14 heavy (non-hydrogen) atoms. The maximum atomic E-state index is 10.6. The molecule has 0 bridgehead atoms. The Balaban J connectivity index is 2.95. The van der Waals surface area contributed by atoms with E-state index in [1.54, 1.807) is 0 Å². The van der Waals surface area contributed by atoms with Crippen molar-refractivity contribution >= 4 is 11.8 Å². The van der Waals surface area contributed by atoms with Crippen LogP contribution in [0, 0.1) is 10.1 Å². The van der Waals surface area contributed by atoms with E-state index in [0.29, 0.717) is 0 Å². The van der Waals surface area contributed by atoms with Crippen molar-refractivity contribution in [2.75, 3.05) is 6.54 Å². The van der Waals surface area contributed by atoms with Crippen LogP contribution in [0.25, 0.3) is 0 Å². The van der Waals surface area contributed by atoms with Gasteiger partial charge in [-0.25, -0.2) is 0 Å². The quantitative estimate of drug-likeness (QED) is 0.440. The van der Waals surface area contributed by atoms with Crippen molar-refractivity contribution in [3.8, 4) is 0 Å². The van der Waals surface area contributed by atoms with Crippen molar-refractivity contribution in [2.45, 2.75) is 5.92 Å². The smallest absolute Gasteiger partial charge is 0.342 e. The van der Waals surface area contributed by atoms with Crippen LogP contribution in [0.2, 0.25) is 0 Å². The molecule has 1 aromatic rings. The van der Waals surface area contributed by atoms with Gasteiger partial charge in [-0.2, -0.15) is 0 Å². The average Bonchev–Trinajstić information content (AvgIpc) is 2.53. The summed E-state index contributed by atoms with van der Waals surface area (Å²) in [6, 6.07) is 1.06. The first kappa shape index (κ1) is 10.1. The fourth-order valence-corrected chi connectivity index (χ4v) is 0.947. The van der Waals surface area contributed by atoms with Gasteiger partial charge in [0.15, 0.2) is 0 Å². The Bertz CT molecular complexity index is 360. The standard InChI is InChI=1S/C6H8N4O4/c7-2-3(6(11)12)4-1-5(9-8-4)10(13)14/h1,3H,2,7H2,(H,8,9)(H,11,12). The number of aliphatic carboxylic acids is 1. The van der Waals surface area contributed by atoms with Crippen LogP contribution >= 0.6 is 0 Å². The third-order valence-corrected chi connectivity index (χ3v) is 1.67. The number of aromatic nitrogens is 2. The van der Waals surface area contributed by atoms with Crippen LogP contribution < -0.4 is 5.73 Å². The summed E-state index contributed by atoms with van der Waals surface area (Å²) < 4.78 is 0. The summed E-state index contributed by atoms with van der Waals surface area (Å²) in [6.45, 7) is -0.155. The zero-order valence-electron chi connectivity index (χ0n) is 7.01. The average molecular weight is 200 g/mol. The van der Waals surface area contributed by atoms with E-state index >= 15 is 0 Å². The van der Waals surface area contributed by atoms with Crippen molar-refractivity contribution in [1.82, 2.24) is 10.2 Å². The maximum absolute atomic E-state index is 10.6. The number of H-pyrrole nitrogens is 1. The molecule has 8 nitrogen and oxygen atoms in total. The number of nitro groups is 1. The van der Waals surface area contributed by atoms with Crippen LogP contribution in [-0.4, -0.2) is 32.7 Å². The summed E-state index contributed by atoms with van der Waals surface area (Å²) in [4.78, 5) is 20.2. The number of carboxylic acids is 1. The fraction of sp³-hybridized carbons (Fsp3) is 0.333. The van der Waals surface area contributed by atoms with E-state index in [0.717, 1.165) is 6.07 Å². The minimum atomic E-state index is -1.16. The summed E-state index contributed by atoms with van der Waals surface area (Å²) >= 11 is 0. The molecule has 76 valence electrons. The number of aromatic amines is 1. The van der Waals surface area contributed by atoms with E-state index in [1.807, 2.05) is 0 Å². The van der Waals surface area contributed by atoms with Gasteiger partial charge in [0.2, 0.25) is 0 Å². The van der Waals surface area contributed by atoms with Crippen molar-refractivity contribution in [3.05, 3.63) is 21.9 Å². The largest absolute Gasteiger partial charge is 0.481 e. The molecule has 0 spiro atoms. The minimum absolute atomic E-state index is 0.0618. The zero-order chi connectivity index (χ0) is 10.7. The summed E-state index contributed by atoms with van der Waals surface area (Å²) in [5.74, 6) is -2.52. The summed E-state index contributed by atoms with van der Waals surface area (Å²) in [5, 5.41) is 24.5. The van der Waals surface area contributed by atoms with Gasteiger partial charge in [-0.1, -0.05) is 5.10 Å². The molecule has 1 rings (SSSR count). The summed E-state index contributed by atoms with van der Waals surface area (Å²) in [7, 11) is 0. The lowest BCUT2D eigenvalue weighted by atomic mass is 10.1. The van der Waals surface area contributed by atoms with Gasteiger partial charge in [-0.05, 0) is 4.92 Å². The van der Waals surface area contributed by atoms with Gasteiger partial charge in [-0.3, -0.25) is 4.79 Å². The third-order valence-electron chi connectivity index (χ3n) is 1.67. The molecule has 1 aromatic heterocycles. The number of hydrogen-bond acceptors (Lipinski definition) is 5. The van der Waals surface area contributed by atoms with E-state index in [4.69, 9.17) is 10.8 Å². The van der Waals surface area contributed by atoms with E-state index in [2.05, 4.69) is 10.2 Å². The number of carboxylic acid groups (broad SMARTS) is 1. The molecular formula is C6H8N4O4. The zero-order valence-corrected chi connectivity index (χ0v) is 7.01. The molecule has 0 aliphatic rings. The van der Waals surface area contributed by atoms with Crippen LogP contribution in [0.3, 0.4) is 0 Å². The first-order chi connectivity index (χ1) is 6.56. The minimum Gasteiger partial charge on any atom is -0.481 e. The first-order valence-corrected chi connectivity index (χ1v) is 3.68. The molecule has 0 aliphatic heterocycles. The van der Waals surface area contributed by atoms with E-state index in [-0.39, 0.29) is 18.1 Å². The van der Waals surface area contributed by atoms with Crippen LogP contribution in [0.4, 0.5) is 5.82 Å². The lowest BCUT2D eigenvalue weighted by molar-refractivity contribution is -0.389. The molecule has 4 N–H and O–H groups in total. The molecule has 0 saturated heterocycles. The predicted octanol–water partition coefficient (Wildman–Crippen LogP) is -0.555. The van der Waals surface area contributed by atoms with Crippen molar-refractivity contribution in [2.24, 2.45) is 5.73 Å². The van der Waals surface area contributed by atoms with Gasteiger partial charge in [0.1, 0.15) is 11.6 Å². The number of nitrogens with two attached hydrogens (primary N) is 1. The Morgan fingerprint density at radius 2 is 2.50 bits per heavy atom. The van der Waals surface area contributed by atoms with Gasteiger partial charge in [0, 0.05) is 6.54 Å². The highest BCUT2D eigenvalue weighted by molar-refractivity contribution is 5.75. The van der Waals surface area contributed by atoms with Gasteiger partial charge in [-0.15, -0.1) is 5.10 Å². The number of nitrogens with one attached hydrogen (secondary N) is 1. The Kier molecular flexibility index (Phi) is 2.77. The van der Waals surface area contributed by atoms with E-state index in [9.17, 15) is 14.9 Å². The number of carbonyl (C=O) groups is 1. The second-order valence-corrected chi connectivity index (χ2v) is 2.56. The topological polar surface area (TPSA) is 135 Å². The van der Waals surface area contributed by atoms with Crippen LogP contribution in [0.1, 0.15) is 11.6 Å². The normalized spacial score (nSPS) is 12.4. The van der Waals surface area contributed by atoms with Crippen LogP contribution in [0.5, 0.6) is 0 Å². The third kappa shape index (κ3) is 1.85. The maximum Gasteiger partial charge on any atom is 0.342 e.